The molecule has 0 amide bonds. The Kier molecular flexibility index (Phi) is 4.38. The van der Waals surface area contributed by atoms with Crippen molar-refractivity contribution in [2.24, 2.45) is 5.73 Å². The molecule has 0 radical (unpaired) electrons. The summed E-state index contributed by atoms with van der Waals surface area (Å²) in [4.78, 5) is 9.91. The molecule has 18 heavy (non-hydrogen) atoms. The molecule has 8 heteroatoms. The number of nitrogens with zero attached hydrogens (tertiary/aromatic N) is 1. The Morgan fingerprint density at radius 3 is 2.61 bits per heavy atom. The van der Waals surface area contributed by atoms with Crippen LogP contribution < -0.4 is 10.5 Å². The molecule has 1 atom stereocenters. The third-order valence-electron chi connectivity index (χ3n) is 2.38. The largest absolute Gasteiger partial charge is 0.329 e. The van der Waals surface area contributed by atoms with Crippen molar-refractivity contribution in [3.05, 3.63) is 33.9 Å². The van der Waals surface area contributed by atoms with Gasteiger partial charge in [-0.2, -0.15) is 0 Å². The van der Waals surface area contributed by atoms with Gasteiger partial charge in [0.1, 0.15) is 0 Å². The number of sulfonamides is 1. The van der Waals surface area contributed by atoms with Gasteiger partial charge in [-0.05, 0) is 19.4 Å². The smallest absolute Gasteiger partial charge is 0.270 e. The highest BCUT2D eigenvalue weighted by atomic mass is 32.2. The van der Waals surface area contributed by atoms with Crippen molar-refractivity contribution in [1.29, 1.82) is 0 Å². The third kappa shape index (κ3) is 3.25. The molecular formula is C10H15N3O4S. The van der Waals surface area contributed by atoms with Crippen LogP contribution in [-0.4, -0.2) is 25.9 Å². The van der Waals surface area contributed by atoms with E-state index < -0.39 is 21.0 Å². The van der Waals surface area contributed by atoms with Crippen molar-refractivity contribution in [3.8, 4) is 0 Å². The van der Waals surface area contributed by atoms with Crippen LogP contribution in [0.3, 0.4) is 0 Å². The van der Waals surface area contributed by atoms with E-state index in [9.17, 15) is 18.5 Å². The molecule has 0 aliphatic carbocycles. The Morgan fingerprint density at radius 1 is 1.50 bits per heavy atom. The van der Waals surface area contributed by atoms with Crippen LogP contribution in [0.5, 0.6) is 0 Å². The van der Waals surface area contributed by atoms with E-state index in [1.54, 1.807) is 13.8 Å². The summed E-state index contributed by atoms with van der Waals surface area (Å²) in [6, 6.07) is 3.27. The lowest BCUT2D eigenvalue weighted by Gasteiger charge is -2.13. The number of hydrogen-bond acceptors (Lipinski definition) is 5. The Morgan fingerprint density at radius 2 is 2.11 bits per heavy atom. The first-order valence-corrected chi connectivity index (χ1v) is 6.73. The molecule has 100 valence electrons. The normalized spacial score (nSPS) is 13.3. The fraction of sp³-hybridized carbons (Fsp3) is 0.400. The minimum atomic E-state index is -3.79. The predicted molar refractivity (Wildman–Crippen MR) is 66.7 cm³/mol. The SMILES string of the molecule is Cc1ccc([N+](=O)[O-])cc1S(=O)(=O)N[C@@H](C)CN. The summed E-state index contributed by atoms with van der Waals surface area (Å²) in [5, 5.41) is 10.6. The number of nitrogens with two attached hydrogens (primary N) is 1. The standard InChI is InChI=1S/C10H15N3O4S/c1-7-3-4-9(13(14)15)5-10(7)18(16,17)12-8(2)6-11/h3-5,8,12H,6,11H2,1-2H3/t8-/m0/s1. The van der Waals surface area contributed by atoms with E-state index in [0.717, 1.165) is 6.07 Å². The molecule has 0 saturated carbocycles. The Hall–Kier alpha value is -1.51. The molecule has 0 aliphatic heterocycles. The molecular weight excluding hydrogens is 258 g/mol. The average Bonchev–Trinajstić information content (AvgIpc) is 2.28. The molecule has 0 spiro atoms. The summed E-state index contributed by atoms with van der Waals surface area (Å²) in [5.41, 5.74) is 5.52. The second-order valence-electron chi connectivity index (χ2n) is 3.96. The highest BCUT2D eigenvalue weighted by Crippen LogP contribution is 2.21. The first-order valence-electron chi connectivity index (χ1n) is 5.25. The number of nitrogens with one attached hydrogen (secondary N) is 1. The quantitative estimate of drug-likeness (QED) is 0.599. The first-order chi connectivity index (χ1) is 8.27. The topological polar surface area (TPSA) is 115 Å². The minimum Gasteiger partial charge on any atom is -0.329 e. The maximum atomic E-state index is 12.0. The van der Waals surface area contributed by atoms with Crippen molar-refractivity contribution >= 4 is 15.7 Å². The van der Waals surface area contributed by atoms with Gasteiger partial charge < -0.3 is 5.73 Å². The number of rotatable bonds is 5. The fourth-order valence-corrected chi connectivity index (χ4v) is 2.89. The van der Waals surface area contributed by atoms with E-state index in [1.165, 1.54) is 12.1 Å². The fourth-order valence-electron chi connectivity index (χ4n) is 1.37. The summed E-state index contributed by atoms with van der Waals surface area (Å²) in [7, 11) is -3.79. The number of benzene rings is 1. The van der Waals surface area contributed by atoms with Gasteiger partial charge in [-0.1, -0.05) is 6.07 Å². The van der Waals surface area contributed by atoms with Gasteiger partial charge in [-0.25, -0.2) is 13.1 Å². The molecule has 0 unspecified atom stereocenters. The van der Waals surface area contributed by atoms with Gasteiger partial charge in [-0.3, -0.25) is 10.1 Å². The Balaban J connectivity index is 3.23. The number of aryl methyl sites for hydroxylation is 1. The first kappa shape index (κ1) is 14.6. The van der Waals surface area contributed by atoms with E-state index in [0.29, 0.717) is 5.56 Å². The average molecular weight is 273 g/mol. The maximum Gasteiger partial charge on any atom is 0.270 e. The van der Waals surface area contributed by atoms with Gasteiger partial charge in [0, 0.05) is 24.7 Å². The van der Waals surface area contributed by atoms with Crippen molar-refractivity contribution in [2.45, 2.75) is 24.8 Å². The lowest BCUT2D eigenvalue weighted by atomic mass is 10.2. The van der Waals surface area contributed by atoms with Crippen molar-refractivity contribution < 1.29 is 13.3 Å². The molecule has 0 saturated heterocycles. The number of non-ortho nitro benzene ring substituents is 1. The molecule has 3 N–H and O–H groups in total. The van der Waals surface area contributed by atoms with Crippen molar-refractivity contribution in [1.82, 2.24) is 4.72 Å². The molecule has 1 aromatic carbocycles. The van der Waals surface area contributed by atoms with E-state index >= 15 is 0 Å². The highest BCUT2D eigenvalue weighted by Gasteiger charge is 2.21. The van der Waals surface area contributed by atoms with Crippen LogP contribution in [0.15, 0.2) is 23.1 Å². The second kappa shape index (κ2) is 5.42. The summed E-state index contributed by atoms with van der Waals surface area (Å²) in [6.07, 6.45) is 0. The highest BCUT2D eigenvalue weighted by molar-refractivity contribution is 7.89. The van der Waals surface area contributed by atoms with E-state index in [4.69, 9.17) is 5.73 Å². The Labute approximate surface area is 105 Å². The molecule has 7 nitrogen and oxygen atoms in total. The van der Waals surface area contributed by atoms with Gasteiger partial charge in [0.25, 0.3) is 5.69 Å². The monoisotopic (exact) mass is 273 g/mol. The Bertz CT molecular complexity index is 556. The molecule has 0 bridgehead atoms. The van der Waals surface area contributed by atoms with Crippen LogP contribution in [-0.2, 0) is 10.0 Å². The minimum absolute atomic E-state index is 0.100. The van der Waals surface area contributed by atoms with Crippen LogP contribution >= 0.6 is 0 Å². The van der Waals surface area contributed by atoms with Crippen LogP contribution in [0.2, 0.25) is 0 Å². The van der Waals surface area contributed by atoms with Crippen LogP contribution in [0, 0.1) is 17.0 Å². The van der Waals surface area contributed by atoms with E-state index in [-0.39, 0.29) is 17.1 Å². The van der Waals surface area contributed by atoms with Crippen LogP contribution in [0.1, 0.15) is 12.5 Å². The summed E-state index contributed by atoms with van der Waals surface area (Å²) in [5.74, 6) is 0. The molecule has 0 heterocycles. The van der Waals surface area contributed by atoms with Crippen molar-refractivity contribution in [2.75, 3.05) is 6.54 Å². The van der Waals surface area contributed by atoms with Gasteiger partial charge in [0.05, 0.1) is 9.82 Å². The zero-order chi connectivity index (χ0) is 13.9. The van der Waals surface area contributed by atoms with Crippen molar-refractivity contribution in [3.63, 3.8) is 0 Å². The zero-order valence-corrected chi connectivity index (χ0v) is 10.9. The van der Waals surface area contributed by atoms with Gasteiger partial charge >= 0.3 is 0 Å². The van der Waals surface area contributed by atoms with Gasteiger partial charge in [0.15, 0.2) is 0 Å². The molecule has 0 aromatic heterocycles. The molecule has 1 rings (SSSR count). The lowest BCUT2D eigenvalue weighted by Crippen LogP contribution is -2.38. The zero-order valence-electron chi connectivity index (χ0n) is 10.1. The maximum absolute atomic E-state index is 12.0. The summed E-state index contributed by atoms with van der Waals surface area (Å²) >= 11 is 0. The summed E-state index contributed by atoms with van der Waals surface area (Å²) < 4.78 is 26.4. The predicted octanol–water partition coefficient (Wildman–Crippen LogP) is 0.529. The number of hydrogen-bond donors (Lipinski definition) is 2. The number of nitro benzene ring substituents is 1. The molecule has 0 fully saturated rings. The van der Waals surface area contributed by atoms with Crippen LogP contribution in [0.4, 0.5) is 5.69 Å². The third-order valence-corrected chi connectivity index (χ3v) is 4.11. The molecule has 1 aromatic rings. The van der Waals surface area contributed by atoms with E-state index in [2.05, 4.69) is 4.72 Å². The molecule has 0 aliphatic rings. The number of nitro groups is 1. The summed E-state index contributed by atoms with van der Waals surface area (Å²) in [6.45, 7) is 3.34. The van der Waals surface area contributed by atoms with Gasteiger partial charge in [-0.15, -0.1) is 0 Å². The van der Waals surface area contributed by atoms with Gasteiger partial charge in [0.2, 0.25) is 10.0 Å². The van der Waals surface area contributed by atoms with E-state index in [1.807, 2.05) is 0 Å². The van der Waals surface area contributed by atoms with Crippen LogP contribution in [0.25, 0.3) is 0 Å². The lowest BCUT2D eigenvalue weighted by molar-refractivity contribution is -0.385. The second-order valence-corrected chi connectivity index (χ2v) is 5.65.